The summed E-state index contributed by atoms with van der Waals surface area (Å²) in [5.41, 5.74) is 3.73. The Morgan fingerprint density at radius 3 is 2.43 bits per heavy atom. The van der Waals surface area contributed by atoms with E-state index >= 15 is 0 Å². The average Bonchev–Trinajstić information content (AvgIpc) is 2.72. The van der Waals surface area contributed by atoms with E-state index in [0.29, 0.717) is 38.4 Å². The minimum atomic E-state index is -0.0987. The summed E-state index contributed by atoms with van der Waals surface area (Å²) in [5.74, 6) is 0.598. The molecule has 0 spiro atoms. The number of hydrogen-bond donors (Lipinski definition) is 0. The van der Waals surface area contributed by atoms with E-state index in [1.54, 1.807) is 11.6 Å². The first kappa shape index (κ1) is 18.2. The molecule has 0 bridgehead atoms. The quantitative estimate of drug-likeness (QED) is 0.703. The molecule has 1 aromatic heterocycles. The van der Waals surface area contributed by atoms with E-state index in [1.165, 1.54) is 0 Å². The highest BCUT2D eigenvalue weighted by atomic mass is 16.2. The Balaban J connectivity index is 1.48. The second-order valence-corrected chi connectivity index (χ2v) is 7.26. The van der Waals surface area contributed by atoms with Gasteiger partial charge in [-0.25, -0.2) is 4.98 Å². The Morgan fingerprint density at radius 1 is 1.00 bits per heavy atom. The molecule has 1 amide bonds. The fourth-order valence-electron chi connectivity index (χ4n) is 3.72. The number of benzene rings is 2. The van der Waals surface area contributed by atoms with Gasteiger partial charge in [-0.1, -0.05) is 36.4 Å². The van der Waals surface area contributed by atoms with Crippen LogP contribution in [-0.2, 0) is 18.3 Å². The molecule has 3 aromatic rings. The maximum atomic E-state index is 12.8. The summed E-state index contributed by atoms with van der Waals surface area (Å²) in [7, 11) is 1.78. The monoisotopic (exact) mass is 376 g/mol. The Morgan fingerprint density at radius 2 is 1.68 bits per heavy atom. The Labute approximate surface area is 164 Å². The van der Waals surface area contributed by atoms with Gasteiger partial charge in [0.1, 0.15) is 0 Å². The third-order valence-electron chi connectivity index (χ3n) is 5.50. The fraction of sp³-hybridized carbons (Fsp3) is 0.318. The van der Waals surface area contributed by atoms with Crippen molar-refractivity contribution in [1.29, 1.82) is 0 Å². The lowest BCUT2D eigenvalue weighted by atomic mass is 10.1. The summed E-state index contributed by atoms with van der Waals surface area (Å²) in [6.45, 7) is 4.45. The van der Waals surface area contributed by atoms with Crippen molar-refractivity contribution in [2.75, 3.05) is 31.1 Å². The first-order valence-electron chi connectivity index (χ1n) is 9.57. The molecular weight excluding hydrogens is 352 g/mol. The number of para-hydroxylation sites is 2. The topological polar surface area (TPSA) is 58.4 Å². The van der Waals surface area contributed by atoms with Crippen LogP contribution in [-0.4, -0.2) is 46.5 Å². The van der Waals surface area contributed by atoms with Crippen molar-refractivity contribution in [3.63, 3.8) is 0 Å². The van der Waals surface area contributed by atoms with Gasteiger partial charge in [-0.2, -0.15) is 0 Å². The number of piperazine rings is 1. The van der Waals surface area contributed by atoms with Crippen LogP contribution in [0.4, 0.5) is 5.82 Å². The minimum Gasteiger partial charge on any atom is -0.348 e. The molecule has 1 saturated heterocycles. The van der Waals surface area contributed by atoms with Crippen LogP contribution in [0.15, 0.2) is 53.3 Å². The van der Waals surface area contributed by atoms with E-state index in [2.05, 4.69) is 4.98 Å². The van der Waals surface area contributed by atoms with Crippen LogP contribution < -0.4 is 10.5 Å². The lowest BCUT2D eigenvalue weighted by molar-refractivity contribution is -0.130. The third-order valence-corrected chi connectivity index (χ3v) is 5.50. The van der Waals surface area contributed by atoms with Gasteiger partial charge in [0, 0.05) is 33.2 Å². The molecule has 2 heterocycles. The van der Waals surface area contributed by atoms with E-state index in [1.807, 2.05) is 65.3 Å². The number of nitrogens with zero attached hydrogens (tertiary/aromatic N) is 4. The maximum Gasteiger partial charge on any atom is 0.293 e. The summed E-state index contributed by atoms with van der Waals surface area (Å²) >= 11 is 0. The predicted octanol–water partition coefficient (Wildman–Crippen LogP) is 2.13. The molecule has 0 radical (unpaired) electrons. The van der Waals surface area contributed by atoms with Gasteiger partial charge < -0.3 is 14.4 Å². The van der Waals surface area contributed by atoms with Crippen LogP contribution in [0.2, 0.25) is 0 Å². The molecule has 144 valence electrons. The largest absolute Gasteiger partial charge is 0.348 e. The van der Waals surface area contributed by atoms with Crippen molar-refractivity contribution in [1.82, 2.24) is 14.5 Å². The predicted molar refractivity (Wildman–Crippen MR) is 111 cm³/mol. The van der Waals surface area contributed by atoms with Crippen LogP contribution in [0.25, 0.3) is 11.0 Å². The zero-order chi connectivity index (χ0) is 19.7. The molecule has 1 fully saturated rings. The normalized spacial score (nSPS) is 14.5. The average molecular weight is 376 g/mol. The Bertz CT molecular complexity index is 1080. The molecule has 6 nitrogen and oxygen atoms in total. The lowest BCUT2D eigenvalue weighted by Gasteiger charge is -2.35. The SMILES string of the molecule is Cc1ccccc1CC(=O)N1CCN(c2nc3ccccc3n(C)c2=O)CC1. The molecule has 2 aromatic carbocycles. The summed E-state index contributed by atoms with van der Waals surface area (Å²) < 4.78 is 1.65. The Kier molecular flexibility index (Phi) is 4.86. The van der Waals surface area contributed by atoms with Gasteiger partial charge in [-0.05, 0) is 30.2 Å². The van der Waals surface area contributed by atoms with Crippen molar-refractivity contribution in [3.05, 3.63) is 70.0 Å². The first-order valence-corrected chi connectivity index (χ1v) is 9.57. The first-order chi connectivity index (χ1) is 13.5. The van der Waals surface area contributed by atoms with E-state index < -0.39 is 0 Å². The molecule has 0 unspecified atom stereocenters. The number of hydrogen-bond acceptors (Lipinski definition) is 4. The summed E-state index contributed by atoms with van der Waals surface area (Å²) in [6.07, 6.45) is 0.419. The molecule has 0 atom stereocenters. The van der Waals surface area contributed by atoms with Crippen LogP contribution >= 0.6 is 0 Å². The van der Waals surface area contributed by atoms with Crippen LogP contribution in [0.3, 0.4) is 0 Å². The third kappa shape index (κ3) is 3.38. The number of rotatable bonds is 3. The molecule has 1 aliphatic heterocycles. The molecule has 28 heavy (non-hydrogen) atoms. The van der Waals surface area contributed by atoms with E-state index in [9.17, 15) is 9.59 Å². The fourth-order valence-corrected chi connectivity index (χ4v) is 3.72. The molecule has 6 heteroatoms. The van der Waals surface area contributed by atoms with Crippen molar-refractivity contribution in [2.24, 2.45) is 7.05 Å². The summed E-state index contributed by atoms with van der Waals surface area (Å²) in [4.78, 5) is 33.9. The molecule has 0 saturated carbocycles. The number of anilines is 1. The van der Waals surface area contributed by atoms with Crippen LogP contribution in [0, 0.1) is 6.92 Å². The highest BCUT2D eigenvalue weighted by molar-refractivity contribution is 5.79. The van der Waals surface area contributed by atoms with Gasteiger partial charge in [0.05, 0.1) is 17.5 Å². The number of aryl methyl sites for hydroxylation is 2. The van der Waals surface area contributed by atoms with E-state index in [0.717, 1.165) is 22.2 Å². The molecular formula is C22H24N4O2. The molecule has 0 aliphatic carbocycles. The standard InChI is InChI=1S/C22H24N4O2/c1-16-7-3-4-8-17(16)15-20(27)25-11-13-26(14-12-25)21-22(28)24(2)19-10-6-5-9-18(19)23-21/h3-10H,11-15H2,1-2H3. The highest BCUT2D eigenvalue weighted by Crippen LogP contribution is 2.16. The smallest absolute Gasteiger partial charge is 0.293 e. The van der Waals surface area contributed by atoms with Gasteiger partial charge in [0.15, 0.2) is 5.82 Å². The number of carbonyl (C=O) groups excluding carboxylic acids is 1. The van der Waals surface area contributed by atoms with E-state index in [-0.39, 0.29) is 11.5 Å². The second kappa shape index (κ2) is 7.46. The summed E-state index contributed by atoms with van der Waals surface area (Å²) in [5, 5.41) is 0. The zero-order valence-corrected chi connectivity index (χ0v) is 16.3. The maximum absolute atomic E-state index is 12.8. The van der Waals surface area contributed by atoms with E-state index in [4.69, 9.17) is 0 Å². The zero-order valence-electron chi connectivity index (χ0n) is 16.3. The van der Waals surface area contributed by atoms with Crippen molar-refractivity contribution < 1.29 is 4.79 Å². The number of amides is 1. The number of carbonyl (C=O) groups is 1. The minimum absolute atomic E-state index is 0.0987. The summed E-state index contributed by atoms with van der Waals surface area (Å²) in [6, 6.07) is 15.6. The number of fused-ring (bicyclic) bond motifs is 1. The van der Waals surface area contributed by atoms with Crippen molar-refractivity contribution in [3.8, 4) is 0 Å². The lowest BCUT2D eigenvalue weighted by Crippen LogP contribution is -2.51. The highest BCUT2D eigenvalue weighted by Gasteiger charge is 2.24. The van der Waals surface area contributed by atoms with Gasteiger partial charge in [0.25, 0.3) is 5.56 Å². The Hall–Kier alpha value is -3.15. The van der Waals surface area contributed by atoms with Crippen molar-refractivity contribution >= 4 is 22.8 Å². The molecule has 4 rings (SSSR count). The number of aromatic nitrogens is 2. The van der Waals surface area contributed by atoms with Gasteiger partial charge in [-0.3, -0.25) is 9.59 Å². The van der Waals surface area contributed by atoms with Gasteiger partial charge in [-0.15, -0.1) is 0 Å². The molecule has 0 N–H and O–H groups in total. The van der Waals surface area contributed by atoms with Crippen LogP contribution in [0.1, 0.15) is 11.1 Å². The van der Waals surface area contributed by atoms with Crippen LogP contribution in [0.5, 0.6) is 0 Å². The van der Waals surface area contributed by atoms with Gasteiger partial charge >= 0.3 is 0 Å². The van der Waals surface area contributed by atoms with Gasteiger partial charge in [0.2, 0.25) is 5.91 Å². The van der Waals surface area contributed by atoms with Crippen molar-refractivity contribution in [2.45, 2.75) is 13.3 Å². The second-order valence-electron chi connectivity index (χ2n) is 7.26. The molecule has 1 aliphatic rings.